The first kappa shape index (κ1) is 21.0. The van der Waals surface area contributed by atoms with Crippen molar-refractivity contribution >= 4 is 33.3 Å². The van der Waals surface area contributed by atoms with Gasteiger partial charge in [0, 0.05) is 57.4 Å². The van der Waals surface area contributed by atoms with Crippen LogP contribution >= 0.6 is 11.3 Å². The van der Waals surface area contributed by atoms with Crippen LogP contribution in [-0.4, -0.2) is 61.3 Å². The number of carbonyl (C=O) groups excluding carboxylic acids is 1. The summed E-state index contributed by atoms with van der Waals surface area (Å²) in [6.45, 7) is 3.40. The predicted octanol–water partition coefficient (Wildman–Crippen LogP) is 2.53. The molecule has 0 bridgehead atoms. The molecule has 4 aromatic rings. The fraction of sp³-hybridized carbons (Fsp3) is 0.375. The van der Waals surface area contributed by atoms with Gasteiger partial charge in [-0.2, -0.15) is 5.10 Å². The number of nitrogens with zero attached hydrogens (tertiary/aromatic N) is 7. The van der Waals surface area contributed by atoms with Gasteiger partial charge in [-0.1, -0.05) is 17.4 Å². The number of benzene rings is 1. The highest BCUT2D eigenvalue weighted by atomic mass is 32.1. The molecule has 2 aliphatic heterocycles. The van der Waals surface area contributed by atoms with Crippen molar-refractivity contribution in [3.05, 3.63) is 58.2 Å². The summed E-state index contributed by atoms with van der Waals surface area (Å²) >= 11 is 1.25. The molecule has 3 aromatic heterocycles. The number of fused-ring (bicyclic) bond motifs is 1. The fourth-order valence-corrected chi connectivity index (χ4v) is 6.00. The summed E-state index contributed by atoms with van der Waals surface area (Å²) in [5.74, 6) is 0.941. The van der Waals surface area contributed by atoms with Crippen molar-refractivity contribution in [2.24, 2.45) is 19.5 Å². The molecule has 1 amide bonds. The molecule has 1 spiro atoms. The Labute approximate surface area is 200 Å². The Hall–Kier alpha value is -3.53. The highest BCUT2D eigenvalue weighted by Crippen LogP contribution is 2.42. The van der Waals surface area contributed by atoms with E-state index in [-0.39, 0.29) is 16.2 Å². The predicted molar refractivity (Wildman–Crippen MR) is 131 cm³/mol. The largest absolute Gasteiger partial charge is 0.354 e. The monoisotopic (exact) mass is 475 g/mol. The van der Waals surface area contributed by atoms with E-state index in [1.54, 1.807) is 34.9 Å². The molecule has 0 unspecified atom stereocenters. The number of hydrogen-bond donors (Lipinski definition) is 0. The number of piperidine rings is 1. The molecular formula is C24H25N7O2S. The normalized spacial score (nSPS) is 17.4. The first-order chi connectivity index (χ1) is 16.4. The van der Waals surface area contributed by atoms with Gasteiger partial charge in [0.05, 0.1) is 40.1 Å². The highest BCUT2D eigenvalue weighted by molar-refractivity contribution is 7.16. The van der Waals surface area contributed by atoms with Crippen LogP contribution in [0, 0.1) is 5.41 Å². The third kappa shape index (κ3) is 3.49. The number of carbonyl (C=O) groups is 1. The van der Waals surface area contributed by atoms with E-state index < -0.39 is 0 Å². The van der Waals surface area contributed by atoms with Crippen molar-refractivity contribution in [3.63, 3.8) is 0 Å². The number of aromatic nitrogens is 5. The molecule has 34 heavy (non-hydrogen) atoms. The van der Waals surface area contributed by atoms with Crippen molar-refractivity contribution < 1.29 is 4.79 Å². The van der Waals surface area contributed by atoms with E-state index in [0.717, 1.165) is 66.3 Å². The van der Waals surface area contributed by atoms with Crippen LogP contribution in [0.15, 0.2) is 47.8 Å². The topological polar surface area (TPSA) is 89.2 Å². The van der Waals surface area contributed by atoms with Crippen molar-refractivity contribution in [2.75, 3.05) is 31.1 Å². The Balaban J connectivity index is 1.13. The Morgan fingerprint density at radius 2 is 1.88 bits per heavy atom. The van der Waals surface area contributed by atoms with Crippen molar-refractivity contribution in [2.45, 2.75) is 12.8 Å². The van der Waals surface area contributed by atoms with E-state index in [9.17, 15) is 9.59 Å². The number of hydrogen-bond acceptors (Lipinski definition) is 7. The fourth-order valence-electron chi connectivity index (χ4n) is 5.08. The minimum absolute atomic E-state index is 0.0334. The van der Waals surface area contributed by atoms with E-state index in [0.29, 0.717) is 5.56 Å². The van der Waals surface area contributed by atoms with Crippen LogP contribution in [0.5, 0.6) is 0 Å². The molecule has 0 saturated carbocycles. The van der Waals surface area contributed by atoms with E-state index in [1.807, 2.05) is 36.3 Å². The van der Waals surface area contributed by atoms with Crippen LogP contribution in [0.3, 0.4) is 0 Å². The smallest absolute Gasteiger partial charge is 0.307 e. The summed E-state index contributed by atoms with van der Waals surface area (Å²) in [5.41, 5.74) is 3.59. The molecule has 9 nitrogen and oxygen atoms in total. The van der Waals surface area contributed by atoms with Crippen LogP contribution in [0.1, 0.15) is 23.2 Å². The number of anilines is 1. The lowest BCUT2D eigenvalue weighted by molar-refractivity contribution is 0.0501. The first-order valence-corrected chi connectivity index (χ1v) is 12.2. The Morgan fingerprint density at radius 3 is 2.62 bits per heavy atom. The Morgan fingerprint density at radius 1 is 1.09 bits per heavy atom. The molecule has 1 aromatic carbocycles. The molecule has 6 rings (SSSR count). The summed E-state index contributed by atoms with van der Waals surface area (Å²) < 4.78 is 4.28. The van der Waals surface area contributed by atoms with Crippen LogP contribution in [0.25, 0.3) is 21.5 Å². The lowest BCUT2D eigenvalue weighted by atomic mass is 9.72. The molecular weight excluding hydrogens is 450 g/mol. The second-order valence-electron chi connectivity index (χ2n) is 9.42. The first-order valence-electron chi connectivity index (χ1n) is 11.4. The summed E-state index contributed by atoms with van der Waals surface area (Å²) in [5, 5.41) is 4.12. The maximum absolute atomic E-state index is 12.7. The zero-order valence-electron chi connectivity index (χ0n) is 19.1. The molecule has 5 heterocycles. The molecule has 0 aliphatic carbocycles. The van der Waals surface area contributed by atoms with Crippen molar-refractivity contribution in [1.29, 1.82) is 0 Å². The Bertz CT molecular complexity index is 1450. The average molecular weight is 476 g/mol. The van der Waals surface area contributed by atoms with Gasteiger partial charge in [0.1, 0.15) is 5.82 Å². The maximum Gasteiger partial charge on any atom is 0.307 e. The van der Waals surface area contributed by atoms with Crippen LogP contribution in [0.4, 0.5) is 5.82 Å². The molecule has 2 fully saturated rings. The molecule has 174 valence electrons. The lowest BCUT2D eigenvalue weighted by Crippen LogP contribution is -2.61. The molecule has 0 atom stereocenters. The van der Waals surface area contributed by atoms with Gasteiger partial charge in [-0.05, 0) is 25.0 Å². The zero-order valence-corrected chi connectivity index (χ0v) is 20.0. The van der Waals surface area contributed by atoms with Gasteiger partial charge in [-0.3, -0.25) is 19.3 Å². The highest BCUT2D eigenvalue weighted by Gasteiger charge is 2.46. The quantitative estimate of drug-likeness (QED) is 0.452. The minimum Gasteiger partial charge on any atom is -0.354 e. The number of likely N-dealkylation sites (tertiary alicyclic amines) is 1. The van der Waals surface area contributed by atoms with Crippen LogP contribution in [0.2, 0.25) is 0 Å². The second kappa shape index (κ2) is 7.76. The van der Waals surface area contributed by atoms with Crippen molar-refractivity contribution in [1.82, 2.24) is 29.2 Å². The average Bonchev–Trinajstić information content (AvgIpc) is 3.39. The second-order valence-corrected chi connectivity index (χ2v) is 10.4. The number of aryl methyl sites for hydroxylation is 2. The van der Waals surface area contributed by atoms with Gasteiger partial charge in [0.15, 0.2) is 0 Å². The summed E-state index contributed by atoms with van der Waals surface area (Å²) in [7, 11) is 3.62. The van der Waals surface area contributed by atoms with Crippen LogP contribution in [-0.2, 0) is 14.1 Å². The van der Waals surface area contributed by atoms with E-state index in [1.165, 1.54) is 11.3 Å². The summed E-state index contributed by atoms with van der Waals surface area (Å²) in [6.07, 6.45) is 8.99. The minimum atomic E-state index is 0.0334. The third-order valence-electron chi connectivity index (χ3n) is 7.15. The SMILES string of the molecule is Cn1cc(C(=O)N2CCC3(CC2)CN(c2cncc(-c4ccc5c(c4)sc(=O)n5C)n2)C3)cn1. The number of thiazole rings is 1. The van der Waals surface area contributed by atoms with Crippen molar-refractivity contribution in [3.8, 4) is 11.3 Å². The molecule has 0 N–H and O–H groups in total. The summed E-state index contributed by atoms with van der Waals surface area (Å²) in [6, 6.07) is 5.98. The van der Waals surface area contributed by atoms with Gasteiger partial charge in [-0.15, -0.1) is 0 Å². The number of rotatable bonds is 3. The zero-order chi connectivity index (χ0) is 23.4. The van der Waals surface area contributed by atoms with Gasteiger partial charge in [-0.25, -0.2) is 4.98 Å². The summed E-state index contributed by atoms with van der Waals surface area (Å²) in [4.78, 5) is 38.3. The molecule has 10 heteroatoms. The van der Waals surface area contributed by atoms with Gasteiger partial charge in [0.2, 0.25) is 0 Å². The van der Waals surface area contributed by atoms with E-state index >= 15 is 0 Å². The maximum atomic E-state index is 12.7. The third-order valence-corrected chi connectivity index (χ3v) is 8.14. The van der Waals surface area contributed by atoms with Gasteiger partial charge >= 0.3 is 4.87 Å². The van der Waals surface area contributed by atoms with Gasteiger partial charge < -0.3 is 14.4 Å². The lowest BCUT2D eigenvalue weighted by Gasteiger charge is -2.54. The molecule has 2 saturated heterocycles. The standard InChI is InChI=1S/C24H25N7O2S/c1-28-13-17(10-26-28)22(32)30-7-5-24(6-8-30)14-31(15-24)21-12-25-11-18(27-21)16-3-4-19-20(9-16)34-23(33)29(19)2/h3-4,9-13H,5-8,14-15H2,1-2H3. The molecule has 0 radical (unpaired) electrons. The number of amides is 1. The van der Waals surface area contributed by atoms with E-state index in [2.05, 4.69) is 15.0 Å². The Kier molecular flexibility index (Phi) is 4.80. The van der Waals surface area contributed by atoms with E-state index in [4.69, 9.17) is 4.98 Å². The molecule has 2 aliphatic rings. The van der Waals surface area contributed by atoms with Gasteiger partial charge in [0.25, 0.3) is 5.91 Å². The van der Waals surface area contributed by atoms with Crippen LogP contribution < -0.4 is 9.77 Å².